The van der Waals surface area contributed by atoms with Gasteiger partial charge in [0, 0.05) is 36.5 Å². The van der Waals surface area contributed by atoms with Crippen LogP contribution in [0.4, 0.5) is 0 Å². The third-order valence-corrected chi connectivity index (χ3v) is 5.83. The van der Waals surface area contributed by atoms with Crippen molar-refractivity contribution in [3.63, 3.8) is 0 Å². The lowest BCUT2D eigenvalue weighted by molar-refractivity contribution is -0.00619. The average Bonchev–Trinajstić information content (AvgIpc) is 2.64. The molecular formula is C22H22ClNO3. The molecule has 1 spiro atoms. The fourth-order valence-corrected chi connectivity index (χ4v) is 4.23. The molecule has 2 aromatic carbocycles. The van der Waals surface area contributed by atoms with Crippen molar-refractivity contribution in [1.29, 1.82) is 0 Å². The molecule has 1 amide bonds. The molecule has 27 heavy (non-hydrogen) atoms. The molecule has 0 N–H and O–H groups in total. The number of ether oxygens (including phenoxy) is 1. The number of likely N-dealkylation sites (tertiary alicyclic amines) is 1. The van der Waals surface area contributed by atoms with E-state index in [2.05, 4.69) is 0 Å². The SMILES string of the molecule is Cc1cc(C)c2c(c1)C(=O)CC1(CCN(C(=O)c3ccc(Cl)cc3)CC1)O2. The van der Waals surface area contributed by atoms with Crippen molar-refractivity contribution in [2.45, 2.75) is 38.7 Å². The van der Waals surface area contributed by atoms with E-state index in [9.17, 15) is 9.59 Å². The molecule has 140 valence electrons. The van der Waals surface area contributed by atoms with Gasteiger partial charge in [-0.1, -0.05) is 17.7 Å². The van der Waals surface area contributed by atoms with Crippen LogP contribution in [-0.4, -0.2) is 35.3 Å². The molecule has 0 bridgehead atoms. The summed E-state index contributed by atoms with van der Waals surface area (Å²) in [6, 6.07) is 10.9. The van der Waals surface area contributed by atoms with Crippen molar-refractivity contribution in [3.8, 4) is 5.75 Å². The fourth-order valence-electron chi connectivity index (χ4n) is 4.11. The van der Waals surface area contributed by atoms with E-state index in [1.54, 1.807) is 24.3 Å². The number of halogens is 1. The quantitative estimate of drug-likeness (QED) is 0.723. The molecule has 4 nitrogen and oxygen atoms in total. The summed E-state index contributed by atoms with van der Waals surface area (Å²) in [7, 11) is 0. The van der Waals surface area contributed by atoms with Crippen LogP contribution in [0.15, 0.2) is 36.4 Å². The predicted molar refractivity (Wildman–Crippen MR) is 105 cm³/mol. The van der Waals surface area contributed by atoms with Crippen LogP contribution in [-0.2, 0) is 0 Å². The minimum atomic E-state index is -0.499. The van der Waals surface area contributed by atoms with Gasteiger partial charge in [0.1, 0.15) is 11.4 Å². The second-order valence-electron chi connectivity index (χ2n) is 7.64. The van der Waals surface area contributed by atoms with Crippen molar-refractivity contribution >= 4 is 23.3 Å². The largest absolute Gasteiger partial charge is 0.486 e. The Balaban J connectivity index is 1.51. The Morgan fingerprint density at radius 3 is 2.44 bits per heavy atom. The van der Waals surface area contributed by atoms with E-state index >= 15 is 0 Å². The van der Waals surface area contributed by atoms with Gasteiger partial charge in [0.2, 0.25) is 0 Å². The number of piperidine rings is 1. The van der Waals surface area contributed by atoms with Crippen LogP contribution in [0.1, 0.15) is 51.1 Å². The maximum atomic E-state index is 12.8. The number of amides is 1. The number of nitrogens with zero attached hydrogens (tertiary/aromatic N) is 1. The Bertz CT molecular complexity index is 912. The fraction of sp³-hybridized carbons (Fsp3) is 0.364. The lowest BCUT2D eigenvalue weighted by atomic mass is 9.81. The highest BCUT2D eigenvalue weighted by Gasteiger charge is 2.44. The van der Waals surface area contributed by atoms with Gasteiger partial charge in [0.15, 0.2) is 5.78 Å². The first-order chi connectivity index (χ1) is 12.9. The summed E-state index contributed by atoms with van der Waals surface area (Å²) in [6.45, 7) is 5.13. The van der Waals surface area contributed by atoms with Gasteiger partial charge in [-0.3, -0.25) is 9.59 Å². The molecule has 1 fully saturated rings. The standard InChI is InChI=1S/C22H22ClNO3/c1-14-11-15(2)20-18(12-14)19(25)13-22(27-20)7-9-24(10-8-22)21(26)16-3-5-17(23)6-4-16/h3-6,11-12H,7-10,13H2,1-2H3. The van der Waals surface area contributed by atoms with E-state index < -0.39 is 5.60 Å². The monoisotopic (exact) mass is 383 g/mol. The summed E-state index contributed by atoms with van der Waals surface area (Å²) in [6.07, 6.45) is 1.70. The first kappa shape index (κ1) is 18.1. The number of benzene rings is 2. The molecule has 0 aliphatic carbocycles. The highest BCUT2D eigenvalue weighted by molar-refractivity contribution is 6.30. The molecule has 0 radical (unpaired) electrons. The maximum Gasteiger partial charge on any atom is 0.253 e. The van der Waals surface area contributed by atoms with Crippen molar-refractivity contribution in [2.75, 3.05) is 13.1 Å². The zero-order chi connectivity index (χ0) is 19.2. The van der Waals surface area contributed by atoms with Gasteiger partial charge in [-0.25, -0.2) is 0 Å². The Hall–Kier alpha value is -2.33. The summed E-state index contributed by atoms with van der Waals surface area (Å²) in [5.41, 5.74) is 2.89. The molecule has 0 aromatic heterocycles. The molecule has 0 atom stereocenters. The van der Waals surface area contributed by atoms with Crippen LogP contribution in [0, 0.1) is 13.8 Å². The second-order valence-corrected chi connectivity index (χ2v) is 8.08. The first-order valence-corrected chi connectivity index (χ1v) is 9.63. The molecule has 2 aliphatic rings. The third-order valence-electron chi connectivity index (χ3n) is 5.57. The number of rotatable bonds is 1. The maximum absolute atomic E-state index is 12.8. The molecule has 1 saturated heterocycles. The van der Waals surface area contributed by atoms with E-state index in [0.29, 0.717) is 54.3 Å². The predicted octanol–water partition coefficient (Wildman–Crippen LogP) is 4.60. The number of Topliss-reactive ketones (excluding diaryl/α,β-unsaturated/α-hetero) is 1. The summed E-state index contributed by atoms with van der Waals surface area (Å²) >= 11 is 5.90. The normalized spacial score (nSPS) is 18.2. The number of carbonyl (C=O) groups is 2. The number of fused-ring (bicyclic) bond motifs is 1. The summed E-state index contributed by atoms with van der Waals surface area (Å²) in [5.74, 6) is 0.853. The van der Waals surface area contributed by atoms with E-state index in [1.807, 2.05) is 30.9 Å². The average molecular weight is 384 g/mol. The van der Waals surface area contributed by atoms with E-state index in [-0.39, 0.29) is 11.7 Å². The molecule has 5 heteroatoms. The van der Waals surface area contributed by atoms with Gasteiger partial charge in [-0.2, -0.15) is 0 Å². The van der Waals surface area contributed by atoms with Crippen LogP contribution < -0.4 is 4.74 Å². The van der Waals surface area contributed by atoms with Gasteiger partial charge in [0.25, 0.3) is 5.91 Å². The van der Waals surface area contributed by atoms with Crippen LogP contribution in [0.25, 0.3) is 0 Å². The van der Waals surface area contributed by atoms with Crippen molar-refractivity contribution in [3.05, 3.63) is 63.7 Å². The summed E-state index contributed by atoms with van der Waals surface area (Å²) in [4.78, 5) is 27.3. The molecule has 2 heterocycles. The molecule has 2 aliphatic heterocycles. The Kier molecular flexibility index (Phi) is 4.47. The minimum absolute atomic E-state index is 0.00384. The zero-order valence-electron chi connectivity index (χ0n) is 15.5. The van der Waals surface area contributed by atoms with Gasteiger partial charge < -0.3 is 9.64 Å². The Morgan fingerprint density at radius 1 is 1.11 bits per heavy atom. The lowest BCUT2D eigenvalue weighted by Crippen LogP contribution is -2.52. The molecular weight excluding hydrogens is 362 g/mol. The lowest BCUT2D eigenvalue weighted by Gasteiger charge is -2.44. The number of carbonyl (C=O) groups excluding carboxylic acids is 2. The van der Waals surface area contributed by atoms with E-state index in [4.69, 9.17) is 16.3 Å². The molecule has 0 unspecified atom stereocenters. The highest BCUT2D eigenvalue weighted by Crippen LogP contribution is 2.41. The first-order valence-electron chi connectivity index (χ1n) is 9.25. The third kappa shape index (κ3) is 3.34. The molecule has 4 rings (SSSR count). The van der Waals surface area contributed by atoms with Crippen LogP contribution >= 0.6 is 11.6 Å². The highest BCUT2D eigenvalue weighted by atomic mass is 35.5. The van der Waals surface area contributed by atoms with Crippen LogP contribution in [0.5, 0.6) is 5.75 Å². The van der Waals surface area contributed by atoms with Crippen molar-refractivity contribution in [1.82, 2.24) is 4.90 Å². The van der Waals surface area contributed by atoms with Crippen molar-refractivity contribution in [2.24, 2.45) is 0 Å². The molecule has 0 saturated carbocycles. The number of aryl methyl sites for hydroxylation is 2. The molecule has 2 aromatic rings. The van der Waals surface area contributed by atoms with Gasteiger partial charge >= 0.3 is 0 Å². The Labute approximate surface area is 164 Å². The van der Waals surface area contributed by atoms with Crippen LogP contribution in [0.2, 0.25) is 5.02 Å². The van der Waals surface area contributed by atoms with Crippen molar-refractivity contribution < 1.29 is 14.3 Å². The van der Waals surface area contributed by atoms with Gasteiger partial charge in [0.05, 0.1) is 12.0 Å². The Morgan fingerprint density at radius 2 is 1.78 bits per heavy atom. The number of hydrogen-bond donors (Lipinski definition) is 0. The van der Waals surface area contributed by atoms with Gasteiger partial charge in [-0.05, 0) is 55.3 Å². The summed E-state index contributed by atoms with van der Waals surface area (Å²) < 4.78 is 6.39. The topological polar surface area (TPSA) is 46.6 Å². The second kappa shape index (κ2) is 6.68. The number of ketones is 1. The van der Waals surface area contributed by atoms with Crippen LogP contribution in [0.3, 0.4) is 0 Å². The smallest absolute Gasteiger partial charge is 0.253 e. The van der Waals surface area contributed by atoms with E-state index in [0.717, 1.165) is 11.1 Å². The zero-order valence-corrected chi connectivity index (χ0v) is 16.3. The number of hydrogen-bond acceptors (Lipinski definition) is 3. The van der Waals surface area contributed by atoms with E-state index in [1.165, 1.54) is 0 Å². The summed E-state index contributed by atoms with van der Waals surface area (Å²) in [5, 5.41) is 0.613. The minimum Gasteiger partial charge on any atom is -0.486 e. The van der Waals surface area contributed by atoms with Gasteiger partial charge in [-0.15, -0.1) is 0 Å².